The fourth-order valence-electron chi connectivity index (χ4n) is 3.38. The fraction of sp³-hybridized carbons (Fsp3) is 0.0909. The molecule has 0 fully saturated rings. The van der Waals surface area contributed by atoms with Gasteiger partial charge in [-0.05, 0) is 70.8 Å². The van der Waals surface area contributed by atoms with E-state index in [0.717, 1.165) is 22.3 Å². The van der Waals surface area contributed by atoms with Gasteiger partial charge in [-0.25, -0.2) is 4.79 Å². The average molecular weight is 341 g/mol. The predicted octanol–water partition coefficient (Wildman–Crippen LogP) is 4.62. The number of benzene rings is 3. The molecular weight excluding hydrogens is 326 g/mol. The van der Waals surface area contributed by atoms with Gasteiger partial charge in [-0.15, -0.1) is 0 Å². The van der Waals surface area contributed by atoms with Crippen LogP contribution in [0.3, 0.4) is 0 Å². The first kappa shape index (κ1) is 15.9. The Morgan fingerprint density at radius 3 is 2.35 bits per heavy atom. The quantitative estimate of drug-likeness (QED) is 0.545. The summed E-state index contributed by atoms with van der Waals surface area (Å²) < 4.78 is 5.50. The minimum absolute atomic E-state index is 0.112. The molecule has 0 radical (unpaired) electrons. The van der Waals surface area contributed by atoms with Crippen molar-refractivity contribution in [2.75, 3.05) is 0 Å². The standard InChI is InChI=1S/C22H15NO3/c1-13-20-10-16(24)6-8-18(20)19-9-7-17(11-21(13)19)26-22(25)15-4-2-14(12-23)3-5-15/h2-11,13,24H,1H3. The number of hydrogen-bond donors (Lipinski definition) is 1. The van der Waals surface area contributed by atoms with Crippen LogP contribution >= 0.6 is 0 Å². The minimum atomic E-state index is -0.463. The lowest BCUT2D eigenvalue weighted by atomic mass is 9.99. The summed E-state index contributed by atoms with van der Waals surface area (Å²) in [6.07, 6.45) is 0. The van der Waals surface area contributed by atoms with Crippen LogP contribution < -0.4 is 4.74 Å². The van der Waals surface area contributed by atoms with Crippen LogP contribution in [0.25, 0.3) is 11.1 Å². The van der Waals surface area contributed by atoms with Crippen molar-refractivity contribution in [2.45, 2.75) is 12.8 Å². The van der Waals surface area contributed by atoms with Gasteiger partial charge in [-0.3, -0.25) is 0 Å². The maximum absolute atomic E-state index is 12.3. The third-order valence-corrected chi connectivity index (χ3v) is 4.74. The van der Waals surface area contributed by atoms with E-state index in [1.54, 1.807) is 42.5 Å². The Balaban J connectivity index is 1.61. The zero-order valence-corrected chi connectivity index (χ0v) is 14.1. The number of carbonyl (C=O) groups excluding carboxylic acids is 1. The number of hydrogen-bond acceptors (Lipinski definition) is 4. The minimum Gasteiger partial charge on any atom is -0.508 e. The topological polar surface area (TPSA) is 70.3 Å². The molecule has 1 aliphatic carbocycles. The largest absolute Gasteiger partial charge is 0.508 e. The van der Waals surface area contributed by atoms with Gasteiger partial charge in [0, 0.05) is 5.92 Å². The van der Waals surface area contributed by atoms with E-state index < -0.39 is 5.97 Å². The van der Waals surface area contributed by atoms with Crippen LogP contribution in [0.2, 0.25) is 0 Å². The summed E-state index contributed by atoms with van der Waals surface area (Å²) in [4.78, 5) is 12.3. The number of carbonyl (C=O) groups is 1. The summed E-state index contributed by atoms with van der Waals surface area (Å²) in [5.41, 5.74) is 5.20. The Morgan fingerprint density at radius 1 is 1.00 bits per heavy atom. The van der Waals surface area contributed by atoms with Gasteiger partial charge < -0.3 is 9.84 Å². The van der Waals surface area contributed by atoms with Crippen molar-refractivity contribution in [1.29, 1.82) is 5.26 Å². The molecule has 1 unspecified atom stereocenters. The molecule has 0 spiro atoms. The van der Waals surface area contributed by atoms with E-state index >= 15 is 0 Å². The van der Waals surface area contributed by atoms with E-state index in [0.29, 0.717) is 16.9 Å². The van der Waals surface area contributed by atoms with Crippen LogP contribution in [0.1, 0.15) is 39.9 Å². The number of phenols is 1. The van der Waals surface area contributed by atoms with Gasteiger partial charge in [0.1, 0.15) is 11.5 Å². The summed E-state index contributed by atoms with van der Waals surface area (Å²) in [6.45, 7) is 2.07. The zero-order chi connectivity index (χ0) is 18.3. The molecule has 126 valence electrons. The van der Waals surface area contributed by atoms with Crippen LogP contribution in [-0.4, -0.2) is 11.1 Å². The van der Waals surface area contributed by atoms with E-state index in [2.05, 4.69) is 6.92 Å². The number of nitriles is 1. The maximum Gasteiger partial charge on any atom is 0.343 e. The highest BCUT2D eigenvalue weighted by molar-refractivity contribution is 5.91. The van der Waals surface area contributed by atoms with Crippen molar-refractivity contribution in [3.63, 3.8) is 0 Å². The lowest BCUT2D eigenvalue weighted by Crippen LogP contribution is -2.08. The van der Waals surface area contributed by atoms with E-state index in [9.17, 15) is 9.90 Å². The molecule has 3 aromatic rings. The van der Waals surface area contributed by atoms with Crippen molar-refractivity contribution in [3.05, 3.63) is 82.9 Å². The van der Waals surface area contributed by atoms with Crippen LogP contribution in [-0.2, 0) is 0 Å². The van der Waals surface area contributed by atoms with Crippen LogP contribution in [0.5, 0.6) is 11.5 Å². The molecule has 4 heteroatoms. The molecule has 0 heterocycles. The maximum atomic E-state index is 12.3. The molecule has 0 saturated heterocycles. The van der Waals surface area contributed by atoms with Gasteiger partial charge in [-0.2, -0.15) is 5.26 Å². The Labute approximate surface area is 150 Å². The Hall–Kier alpha value is -3.58. The number of fused-ring (bicyclic) bond motifs is 3. The van der Waals surface area contributed by atoms with E-state index in [1.165, 1.54) is 0 Å². The van der Waals surface area contributed by atoms with E-state index in [4.69, 9.17) is 10.00 Å². The second-order valence-corrected chi connectivity index (χ2v) is 6.32. The molecule has 0 saturated carbocycles. The molecule has 0 aliphatic heterocycles. The van der Waals surface area contributed by atoms with Gasteiger partial charge in [-0.1, -0.05) is 19.1 Å². The van der Waals surface area contributed by atoms with Crippen LogP contribution in [0.4, 0.5) is 0 Å². The highest BCUT2D eigenvalue weighted by Gasteiger charge is 2.26. The zero-order valence-electron chi connectivity index (χ0n) is 14.1. The normalized spacial score (nSPS) is 14.2. The molecule has 4 nitrogen and oxygen atoms in total. The monoisotopic (exact) mass is 341 g/mol. The number of esters is 1. The van der Waals surface area contributed by atoms with Gasteiger partial charge in [0.05, 0.1) is 17.2 Å². The first-order chi connectivity index (χ1) is 12.6. The Morgan fingerprint density at radius 2 is 1.65 bits per heavy atom. The lowest BCUT2D eigenvalue weighted by molar-refractivity contribution is 0.0734. The van der Waals surface area contributed by atoms with Crippen LogP contribution in [0, 0.1) is 11.3 Å². The van der Waals surface area contributed by atoms with Crippen molar-refractivity contribution < 1.29 is 14.6 Å². The lowest BCUT2D eigenvalue weighted by Gasteiger charge is -2.09. The Kier molecular flexibility index (Phi) is 3.70. The van der Waals surface area contributed by atoms with Crippen molar-refractivity contribution >= 4 is 5.97 Å². The highest BCUT2D eigenvalue weighted by atomic mass is 16.5. The van der Waals surface area contributed by atoms with Gasteiger partial charge in [0.25, 0.3) is 0 Å². The van der Waals surface area contributed by atoms with Crippen molar-refractivity contribution in [2.24, 2.45) is 0 Å². The molecule has 0 amide bonds. The summed E-state index contributed by atoms with van der Waals surface area (Å²) >= 11 is 0. The summed E-state index contributed by atoms with van der Waals surface area (Å²) in [5, 5.41) is 18.6. The fourth-order valence-corrected chi connectivity index (χ4v) is 3.38. The summed E-state index contributed by atoms with van der Waals surface area (Å²) in [7, 11) is 0. The molecule has 0 aromatic heterocycles. The molecule has 1 N–H and O–H groups in total. The second-order valence-electron chi connectivity index (χ2n) is 6.32. The number of rotatable bonds is 2. The molecule has 4 rings (SSSR count). The molecule has 1 atom stereocenters. The average Bonchev–Trinajstić information content (AvgIpc) is 2.93. The van der Waals surface area contributed by atoms with Crippen molar-refractivity contribution in [1.82, 2.24) is 0 Å². The first-order valence-electron chi connectivity index (χ1n) is 8.26. The van der Waals surface area contributed by atoms with Crippen LogP contribution in [0.15, 0.2) is 60.7 Å². The second kappa shape index (κ2) is 6.05. The van der Waals surface area contributed by atoms with Gasteiger partial charge in [0.15, 0.2) is 0 Å². The predicted molar refractivity (Wildman–Crippen MR) is 97.2 cm³/mol. The highest BCUT2D eigenvalue weighted by Crippen LogP contribution is 2.46. The van der Waals surface area contributed by atoms with E-state index in [1.807, 2.05) is 24.3 Å². The first-order valence-corrected chi connectivity index (χ1v) is 8.26. The molecule has 26 heavy (non-hydrogen) atoms. The smallest absolute Gasteiger partial charge is 0.343 e. The van der Waals surface area contributed by atoms with Gasteiger partial charge >= 0.3 is 5.97 Å². The number of nitrogens with zero attached hydrogens (tertiary/aromatic N) is 1. The molecule has 1 aliphatic rings. The summed E-state index contributed by atoms with van der Waals surface area (Å²) in [5.74, 6) is 0.369. The third kappa shape index (κ3) is 2.60. The number of phenolic OH excluding ortho intramolecular Hbond substituents is 1. The molecular formula is C22H15NO3. The molecule has 0 bridgehead atoms. The van der Waals surface area contributed by atoms with Gasteiger partial charge in [0.2, 0.25) is 0 Å². The number of ether oxygens (including phenoxy) is 1. The molecule has 3 aromatic carbocycles. The van der Waals surface area contributed by atoms with Crippen molar-refractivity contribution in [3.8, 4) is 28.7 Å². The SMILES string of the molecule is CC1c2cc(O)ccc2-c2ccc(OC(=O)c3ccc(C#N)cc3)cc21. The van der Waals surface area contributed by atoms with E-state index in [-0.39, 0.29) is 11.7 Å². The number of aromatic hydroxyl groups is 1. The summed E-state index contributed by atoms with van der Waals surface area (Å²) in [6, 6.07) is 19.3. The third-order valence-electron chi connectivity index (χ3n) is 4.74. The Bertz CT molecular complexity index is 1060.